The van der Waals surface area contributed by atoms with Crippen molar-refractivity contribution in [2.45, 2.75) is 33.4 Å². The first-order chi connectivity index (χ1) is 14.9. The van der Waals surface area contributed by atoms with E-state index in [1.807, 2.05) is 32.9 Å². The van der Waals surface area contributed by atoms with Crippen LogP contribution < -0.4 is 14.2 Å². The van der Waals surface area contributed by atoms with Crippen molar-refractivity contribution >= 4 is 5.91 Å². The average molecular weight is 425 g/mol. The summed E-state index contributed by atoms with van der Waals surface area (Å²) in [6.45, 7) is 6.47. The Bertz CT molecular complexity index is 1030. The van der Waals surface area contributed by atoms with E-state index in [0.717, 1.165) is 5.56 Å². The van der Waals surface area contributed by atoms with Crippen LogP contribution in [0.5, 0.6) is 17.2 Å². The Labute approximate surface area is 181 Å². The molecule has 1 amide bonds. The second-order valence-electron chi connectivity index (χ2n) is 7.10. The zero-order chi connectivity index (χ0) is 22.4. The van der Waals surface area contributed by atoms with Crippen molar-refractivity contribution < 1.29 is 23.5 Å². The fourth-order valence-electron chi connectivity index (χ4n) is 3.06. The second-order valence-corrected chi connectivity index (χ2v) is 7.10. The molecule has 0 spiro atoms. The summed E-state index contributed by atoms with van der Waals surface area (Å²) in [5, 5.41) is 4.04. The first-order valence-electron chi connectivity index (χ1n) is 10.1. The first kappa shape index (κ1) is 22.1. The summed E-state index contributed by atoms with van der Waals surface area (Å²) in [4.78, 5) is 19.1. The molecule has 3 aromatic rings. The summed E-state index contributed by atoms with van der Waals surface area (Å²) in [6.07, 6.45) is 0.0287. The number of hydrogen-bond donors (Lipinski definition) is 0. The quantitative estimate of drug-likeness (QED) is 0.508. The van der Waals surface area contributed by atoms with E-state index in [9.17, 15) is 4.79 Å². The number of methoxy groups -OCH3 is 2. The molecule has 1 aromatic heterocycles. The molecular weight excluding hydrogens is 398 g/mol. The van der Waals surface area contributed by atoms with Gasteiger partial charge in [0.1, 0.15) is 12.3 Å². The minimum atomic E-state index is -0.137. The van der Waals surface area contributed by atoms with Gasteiger partial charge in [0.05, 0.1) is 20.3 Å². The zero-order valence-corrected chi connectivity index (χ0v) is 18.4. The number of hydrogen-bond acceptors (Lipinski definition) is 7. The minimum absolute atomic E-state index is 0.0287. The Balaban J connectivity index is 1.76. The summed E-state index contributed by atoms with van der Waals surface area (Å²) in [5.41, 5.74) is 1.26. The topological polar surface area (TPSA) is 86.9 Å². The summed E-state index contributed by atoms with van der Waals surface area (Å²) >= 11 is 0. The number of rotatable bonds is 9. The molecule has 0 fully saturated rings. The maximum absolute atomic E-state index is 13.0. The number of ether oxygens (including phenoxy) is 3. The number of carbonyl (C=O) groups is 1. The van der Waals surface area contributed by atoms with Gasteiger partial charge >= 0.3 is 0 Å². The largest absolute Gasteiger partial charge is 0.493 e. The highest BCUT2D eigenvalue weighted by atomic mass is 16.5. The van der Waals surface area contributed by atoms with E-state index in [0.29, 0.717) is 41.1 Å². The maximum Gasteiger partial charge on any atom is 0.254 e. The van der Waals surface area contributed by atoms with Crippen LogP contribution >= 0.6 is 0 Å². The highest BCUT2D eigenvalue weighted by molar-refractivity contribution is 5.94. The van der Waals surface area contributed by atoms with Crippen LogP contribution in [-0.2, 0) is 6.54 Å². The molecule has 8 nitrogen and oxygen atoms in total. The van der Waals surface area contributed by atoms with Crippen molar-refractivity contribution in [2.75, 3.05) is 20.8 Å². The third-order valence-corrected chi connectivity index (χ3v) is 4.56. The summed E-state index contributed by atoms with van der Waals surface area (Å²) in [6, 6.07) is 12.5. The normalized spacial score (nSPS) is 10.8. The molecule has 0 unspecified atom stereocenters. The predicted octanol–water partition coefficient (Wildman–Crippen LogP) is 4.20. The van der Waals surface area contributed by atoms with E-state index in [4.69, 9.17) is 18.7 Å². The standard InChI is InChI=1S/C23H27N3O5/c1-6-26(23(27)17-8-7-9-18(12-17)30-15(2)3)14-21-24-22(25-31-21)16-10-11-19(28-4)20(13-16)29-5/h7-13,15H,6,14H2,1-5H3. The van der Waals surface area contributed by atoms with Gasteiger partial charge in [-0.3, -0.25) is 4.79 Å². The second kappa shape index (κ2) is 9.97. The smallest absolute Gasteiger partial charge is 0.254 e. The Morgan fingerprint density at radius 3 is 2.55 bits per heavy atom. The molecule has 0 aliphatic rings. The van der Waals surface area contributed by atoms with Gasteiger partial charge in [0.2, 0.25) is 11.7 Å². The van der Waals surface area contributed by atoms with Crippen LogP contribution in [0.2, 0.25) is 0 Å². The number of benzene rings is 2. The molecule has 0 radical (unpaired) electrons. The van der Waals surface area contributed by atoms with E-state index in [-0.39, 0.29) is 18.6 Å². The van der Waals surface area contributed by atoms with Crippen molar-refractivity contribution in [1.82, 2.24) is 15.0 Å². The van der Waals surface area contributed by atoms with Crippen LogP contribution in [0.3, 0.4) is 0 Å². The fraction of sp³-hybridized carbons (Fsp3) is 0.348. The van der Waals surface area contributed by atoms with Gasteiger partial charge in [-0.1, -0.05) is 11.2 Å². The highest BCUT2D eigenvalue weighted by Crippen LogP contribution is 2.31. The van der Waals surface area contributed by atoms with Gasteiger partial charge in [0, 0.05) is 17.7 Å². The molecular formula is C23H27N3O5. The molecule has 3 rings (SSSR count). The fourth-order valence-corrected chi connectivity index (χ4v) is 3.06. The van der Waals surface area contributed by atoms with Crippen LogP contribution in [0.15, 0.2) is 47.0 Å². The van der Waals surface area contributed by atoms with E-state index >= 15 is 0 Å². The van der Waals surface area contributed by atoms with Crippen molar-refractivity contribution in [3.63, 3.8) is 0 Å². The van der Waals surface area contributed by atoms with Gasteiger partial charge < -0.3 is 23.6 Å². The lowest BCUT2D eigenvalue weighted by Crippen LogP contribution is -2.30. The van der Waals surface area contributed by atoms with E-state index < -0.39 is 0 Å². The minimum Gasteiger partial charge on any atom is -0.493 e. The zero-order valence-electron chi connectivity index (χ0n) is 18.4. The Morgan fingerprint density at radius 1 is 1.10 bits per heavy atom. The van der Waals surface area contributed by atoms with E-state index in [1.165, 1.54) is 0 Å². The summed E-state index contributed by atoms with van der Waals surface area (Å²) in [7, 11) is 3.14. The lowest BCUT2D eigenvalue weighted by atomic mass is 10.2. The number of carbonyl (C=O) groups excluding carboxylic acids is 1. The van der Waals surface area contributed by atoms with Crippen molar-refractivity contribution in [2.24, 2.45) is 0 Å². The monoisotopic (exact) mass is 425 g/mol. The van der Waals surface area contributed by atoms with Gasteiger partial charge in [-0.05, 0) is 57.2 Å². The van der Waals surface area contributed by atoms with Crippen molar-refractivity contribution in [1.29, 1.82) is 0 Å². The molecule has 164 valence electrons. The highest BCUT2D eigenvalue weighted by Gasteiger charge is 2.19. The molecule has 0 saturated carbocycles. The van der Waals surface area contributed by atoms with Crippen LogP contribution in [0.25, 0.3) is 11.4 Å². The van der Waals surface area contributed by atoms with Crippen LogP contribution in [0.4, 0.5) is 0 Å². The molecule has 2 aromatic carbocycles. The average Bonchev–Trinajstić information content (AvgIpc) is 3.24. The predicted molar refractivity (Wildman–Crippen MR) is 115 cm³/mol. The molecule has 0 aliphatic carbocycles. The number of nitrogens with zero attached hydrogens (tertiary/aromatic N) is 3. The molecule has 0 N–H and O–H groups in total. The molecule has 31 heavy (non-hydrogen) atoms. The van der Waals surface area contributed by atoms with Crippen molar-refractivity contribution in [3.8, 4) is 28.6 Å². The van der Waals surface area contributed by atoms with Crippen LogP contribution in [0, 0.1) is 0 Å². The molecule has 0 bridgehead atoms. The van der Waals surface area contributed by atoms with E-state index in [2.05, 4.69) is 10.1 Å². The first-order valence-corrected chi connectivity index (χ1v) is 10.1. The SMILES string of the molecule is CCN(Cc1nc(-c2ccc(OC)c(OC)c2)no1)C(=O)c1cccc(OC(C)C)c1. The van der Waals surface area contributed by atoms with Crippen molar-refractivity contribution in [3.05, 3.63) is 53.9 Å². The lowest BCUT2D eigenvalue weighted by Gasteiger charge is -2.19. The van der Waals surface area contributed by atoms with Gasteiger partial charge in [-0.2, -0.15) is 4.98 Å². The Kier molecular flexibility index (Phi) is 7.12. The molecule has 0 atom stereocenters. The molecule has 0 saturated heterocycles. The Morgan fingerprint density at radius 2 is 1.87 bits per heavy atom. The van der Waals surface area contributed by atoms with Gasteiger partial charge in [0.25, 0.3) is 5.91 Å². The van der Waals surface area contributed by atoms with E-state index in [1.54, 1.807) is 49.5 Å². The summed E-state index contributed by atoms with van der Waals surface area (Å²) in [5.74, 6) is 2.45. The van der Waals surface area contributed by atoms with Crippen LogP contribution in [-0.4, -0.2) is 47.8 Å². The van der Waals surface area contributed by atoms with Crippen LogP contribution in [0.1, 0.15) is 37.0 Å². The molecule has 1 heterocycles. The van der Waals surface area contributed by atoms with Gasteiger partial charge in [-0.15, -0.1) is 0 Å². The maximum atomic E-state index is 13.0. The lowest BCUT2D eigenvalue weighted by molar-refractivity contribution is 0.0733. The third kappa shape index (κ3) is 5.33. The Hall–Kier alpha value is -3.55. The third-order valence-electron chi connectivity index (χ3n) is 4.56. The number of aromatic nitrogens is 2. The number of amides is 1. The van der Waals surface area contributed by atoms with Gasteiger partial charge in [0.15, 0.2) is 11.5 Å². The summed E-state index contributed by atoms with van der Waals surface area (Å²) < 4.78 is 21.7. The molecule has 8 heteroatoms. The molecule has 0 aliphatic heterocycles. The van der Waals surface area contributed by atoms with Gasteiger partial charge in [-0.25, -0.2) is 0 Å².